The number of hydrogen-bond acceptors (Lipinski definition) is 5. The number of nitrogens with one attached hydrogen (secondary N) is 3. The summed E-state index contributed by atoms with van der Waals surface area (Å²) in [5, 5.41) is 17.6. The first-order valence-electron chi connectivity index (χ1n) is 10.8. The predicted octanol–water partition coefficient (Wildman–Crippen LogP) is 2.91. The van der Waals surface area contributed by atoms with Crippen molar-refractivity contribution in [1.82, 2.24) is 30.9 Å². The van der Waals surface area contributed by atoms with Gasteiger partial charge in [0.2, 0.25) is 5.91 Å². The molecule has 9 heteroatoms. The minimum atomic E-state index is -0.0826. The third-order valence-electron chi connectivity index (χ3n) is 6.02. The van der Waals surface area contributed by atoms with Crippen LogP contribution in [0.1, 0.15) is 59.8 Å². The Morgan fingerprint density at radius 3 is 2.66 bits per heavy atom. The van der Waals surface area contributed by atoms with E-state index in [2.05, 4.69) is 30.9 Å². The first-order valence-corrected chi connectivity index (χ1v) is 11.2. The van der Waals surface area contributed by atoms with Crippen molar-refractivity contribution >= 4 is 23.1 Å². The number of tetrazole rings is 1. The largest absolute Gasteiger partial charge is 0.350 e. The molecular formula is C23H23ClN6O2. The van der Waals surface area contributed by atoms with Crippen LogP contribution >= 0.6 is 11.6 Å². The smallest absolute Gasteiger partial charge is 0.251 e. The Bertz CT molecular complexity index is 1230. The van der Waals surface area contributed by atoms with Crippen LogP contribution in [0.2, 0.25) is 5.02 Å². The van der Waals surface area contributed by atoms with Gasteiger partial charge in [-0.1, -0.05) is 41.1 Å². The molecule has 2 aliphatic rings. The molecule has 2 aromatic heterocycles. The van der Waals surface area contributed by atoms with E-state index in [1.807, 2.05) is 36.4 Å². The van der Waals surface area contributed by atoms with Gasteiger partial charge in [-0.15, -0.1) is 10.2 Å². The molecular weight excluding hydrogens is 428 g/mol. The van der Waals surface area contributed by atoms with E-state index in [1.54, 1.807) is 0 Å². The Morgan fingerprint density at radius 2 is 2.00 bits per heavy atom. The number of aromatic nitrogens is 5. The molecule has 5 rings (SSSR count). The predicted molar refractivity (Wildman–Crippen MR) is 120 cm³/mol. The Labute approximate surface area is 189 Å². The van der Waals surface area contributed by atoms with Crippen LogP contribution < -0.4 is 10.9 Å². The molecule has 3 heterocycles. The van der Waals surface area contributed by atoms with Crippen LogP contribution in [0.4, 0.5) is 0 Å². The number of rotatable bonds is 7. The fourth-order valence-electron chi connectivity index (χ4n) is 4.12. The quantitative estimate of drug-likeness (QED) is 0.511. The van der Waals surface area contributed by atoms with Gasteiger partial charge in [0.15, 0.2) is 5.82 Å². The summed E-state index contributed by atoms with van der Waals surface area (Å²) in [6.45, 7) is 0. The molecule has 3 N–H and O–H groups in total. The van der Waals surface area contributed by atoms with E-state index in [9.17, 15) is 9.59 Å². The van der Waals surface area contributed by atoms with Crippen molar-refractivity contribution in [3.63, 3.8) is 0 Å². The van der Waals surface area contributed by atoms with E-state index in [0.717, 1.165) is 47.2 Å². The van der Waals surface area contributed by atoms with Gasteiger partial charge in [-0.05, 0) is 54.9 Å². The number of carbonyl (C=O) groups excluding carboxylic acids is 1. The molecule has 1 amide bonds. The summed E-state index contributed by atoms with van der Waals surface area (Å²) in [7, 11) is 0. The second-order valence-electron chi connectivity index (χ2n) is 8.36. The Kier molecular flexibility index (Phi) is 5.61. The standard InChI is InChI=1S/C23H23ClN6O2/c24-19-11-15(4-3-14(19)5-9-21-27-29-30-28-21)18(12-16-6-10-22(31)25-16)20-8-7-17(13-1-2-13)23(32)26-20/h3-4,7-8,11-13,16H,1-2,5-6,9-10H2,(H,25,31)(H,26,32)(H,27,28,29,30)/b18-12+/t16-/m1/s1. The number of benzene rings is 1. The molecule has 3 aromatic rings. The van der Waals surface area contributed by atoms with Gasteiger partial charge < -0.3 is 10.3 Å². The Balaban J connectivity index is 1.46. The van der Waals surface area contributed by atoms with Gasteiger partial charge in [-0.2, -0.15) is 5.21 Å². The molecule has 1 atom stereocenters. The summed E-state index contributed by atoms with van der Waals surface area (Å²) >= 11 is 6.61. The lowest BCUT2D eigenvalue weighted by Gasteiger charge is -2.14. The summed E-state index contributed by atoms with van der Waals surface area (Å²) in [4.78, 5) is 27.4. The zero-order valence-electron chi connectivity index (χ0n) is 17.4. The van der Waals surface area contributed by atoms with Gasteiger partial charge in [0.05, 0.1) is 0 Å². The van der Waals surface area contributed by atoms with Crippen molar-refractivity contribution in [2.75, 3.05) is 0 Å². The van der Waals surface area contributed by atoms with Crippen LogP contribution in [0.5, 0.6) is 0 Å². The first kappa shape index (κ1) is 20.6. The topological polar surface area (TPSA) is 116 Å². The highest BCUT2D eigenvalue weighted by molar-refractivity contribution is 6.31. The molecule has 1 aliphatic carbocycles. The number of aryl methyl sites for hydroxylation is 2. The normalized spacial score (nSPS) is 18.7. The lowest BCUT2D eigenvalue weighted by molar-refractivity contribution is -0.119. The highest BCUT2D eigenvalue weighted by atomic mass is 35.5. The molecule has 1 saturated heterocycles. The van der Waals surface area contributed by atoms with Gasteiger partial charge >= 0.3 is 0 Å². The highest BCUT2D eigenvalue weighted by Gasteiger charge is 2.27. The number of halogens is 1. The Hall–Kier alpha value is -3.26. The van der Waals surface area contributed by atoms with Crippen molar-refractivity contribution in [3.8, 4) is 0 Å². The van der Waals surface area contributed by atoms with Crippen molar-refractivity contribution in [3.05, 3.63) is 80.0 Å². The molecule has 1 saturated carbocycles. The van der Waals surface area contributed by atoms with Gasteiger partial charge in [0.25, 0.3) is 5.56 Å². The van der Waals surface area contributed by atoms with Gasteiger partial charge in [-0.25, -0.2) is 0 Å². The van der Waals surface area contributed by atoms with Crippen molar-refractivity contribution in [2.45, 2.75) is 50.5 Å². The average Bonchev–Trinajstić information content (AvgIpc) is 3.32. The molecule has 0 unspecified atom stereocenters. The van der Waals surface area contributed by atoms with Crippen LogP contribution in [0.15, 0.2) is 41.2 Å². The number of H-pyrrole nitrogens is 2. The fourth-order valence-corrected chi connectivity index (χ4v) is 4.39. The summed E-state index contributed by atoms with van der Waals surface area (Å²) in [6.07, 6.45) is 6.69. The number of amides is 1. The van der Waals surface area contributed by atoms with Crippen LogP contribution in [-0.4, -0.2) is 37.6 Å². The maximum Gasteiger partial charge on any atom is 0.251 e. The SMILES string of the molecule is O=C1CC[C@H](/C=C(\c2ccc(CCc3nn[nH]n3)c(Cl)c2)c2ccc(C3CC3)c(=O)[nH]2)N1. The zero-order valence-corrected chi connectivity index (χ0v) is 18.2. The maximum absolute atomic E-state index is 12.7. The third kappa shape index (κ3) is 4.50. The summed E-state index contributed by atoms with van der Waals surface area (Å²) in [5.74, 6) is 1.05. The fraction of sp³-hybridized carbons (Fsp3) is 0.348. The highest BCUT2D eigenvalue weighted by Crippen LogP contribution is 2.38. The summed E-state index contributed by atoms with van der Waals surface area (Å²) in [6, 6.07) is 9.68. The second kappa shape index (κ2) is 8.70. The average molecular weight is 451 g/mol. The Morgan fingerprint density at radius 1 is 1.12 bits per heavy atom. The zero-order chi connectivity index (χ0) is 22.1. The number of pyridine rings is 1. The molecule has 0 spiro atoms. The van der Waals surface area contributed by atoms with Gasteiger partial charge in [0.1, 0.15) is 0 Å². The van der Waals surface area contributed by atoms with Crippen LogP contribution in [-0.2, 0) is 17.6 Å². The maximum atomic E-state index is 12.7. The summed E-state index contributed by atoms with van der Waals surface area (Å²) in [5.41, 5.74) is 4.23. The first-order chi connectivity index (χ1) is 15.6. The van der Waals surface area contributed by atoms with E-state index in [0.29, 0.717) is 36.0 Å². The number of aromatic amines is 2. The van der Waals surface area contributed by atoms with E-state index in [1.165, 1.54) is 0 Å². The van der Waals surface area contributed by atoms with Crippen LogP contribution in [0.3, 0.4) is 0 Å². The molecule has 8 nitrogen and oxygen atoms in total. The molecule has 2 fully saturated rings. The molecule has 0 bridgehead atoms. The second-order valence-corrected chi connectivity index (χ2v) is 8.77. The minimum absolute atomic E-state index is 0.0398. The molecule has 164 valence electrons. The lowest BCUT2D eigenvalue weighted by atomic mass is 9.96. The monoisotopic (exact) mass is 450 g/mol. The third-order valence-corrected chi connectivity index (χ3v) is 6.37. The molecule has 1 aromatic carbocycles. The van der Waals surface area contributed by atoms with Gasteiger partial charge in [-0.3, -0.25) is 9.59 Å². The van der Waals surface area contributed by atoms with E-state index >= 15 is 0 Å². The van der Waals surface area contributed by atoms with Crippen molar-refractivity contribution in [2.24, 2.45) is 0 Å². The minimum Gasteiger partial charge on any atom is -0.350 e. The van der Waals surface area contributed by atoms with Crippen LogP contribution in [0.25, 0.3) is 5.57 Å². The van der Waals surface area contributed by atoms with Gasteiger partial charge in [0, 0.05) is 40.7 Å². The number of carbonyl (C=O) groups is 1. The van der Waals surface area contributed by atoms with Crippen LogP contribution in [0, 0.1) is 0 Å². The molecule has 32 heavy (non-hydrogen) atoms. The summed E-state index contributed by atoms with van der Waals surface area (Å²) < 4.78 is 0. The van der Waals surface area contributed by atoms with E-state index in [-0.39, 0.29) is 17.5 Å². The van der Waals surface area contributed by atoms with Crippen molar-refractivity contribution in [1.29, 1.82) is 0 Å². The molecule has 1 aliphatic heterocycles. The lowest BCUT2D eigenvalue weighted by Crippen LogP contribution is -2.23. The number of hydrogen-bond donors (Lipinski definition) is 3. The van der Waals surface area contributed by atoms with E-state index < -0.39 is 0 Å². The number of nitrogens with zero attached hydrogens (tertiary/aromatic N) is 3. The van der Waals surface area contributed by atoms with E-state index in [4.69, 9.17) is 11.6 Å². The van der Waals surface area contributed by atoms with Crippen molar-refractivity contribution < 1.29 is 4.79 Å². The molecule has 0 radical (unpaired) electrons.